The maximum absolute atomic E-state index is 11.9. The van der Waals surface area contributed by atoms with Crippen LogP contribution in [-0.2, 0) is 9.59 Å². The van der Waals surface area contributed by atoms with Crippen molar-refractivity contribution in [2.45, 2.75) is 31.4 Å². The second-order valence-corrected chi connectivity index (χ2v) is 11.0. The molecule has 2 bridgehead atoms. The molecule has 2 N–H and O–H groups in total. The molecule has 0 spiro atoms. The van der Waals surface area contributed by atoms with Gasteiger partial charge in [-0.1, -0.05) is 104 Å². The van der Waals surface area contributed by atoms with Gasteiger partial charge in [-0.25, -0.2) is 4.79 Å². The van der Waals surface area contributed by atoms with Crippen molar-refractivity contribution in [3.05, 3.63) is 144 Å². The fraction of sp³-hybridized carbons (Fsp3) is 0.167. The lowest BCUT2D eigenvalue weighted by molar-refractivity contribution is -0.150. The van der Waals surface area contributed by atoms with E-state index in [0.717, 1.165) is 0 Å². The van der Waals surface area contributed by atoms with Crippen LogP contribution in [0.4, 0.5) is 13.2 Å². The molecule has 5 aromatic carbocycles. The molecule has 5 aromatic rings. The molecule has 0 saturated heterocycles. The van der Waals surface area contributed by atoms with E-state index in [2.05, 4.69) is 104 Å². The third-order valence-corrected chi connectivity index (χ3v) is 8.33. The maximum atomic E-state index is 11.9. The zero-order chi connectivity index (χ0) is 30.9. The highest BCUT2D eigenvalue weighted by atomic mass is 19.4. The molecule has 43 heavy (non-hydrogen) atoms. The zero-order valence-corrected chi connectivity index (χ0v) is 23.3. The summed E-state index contributed by atoms with van der Waals surface area (Å²) in [5.41, 5.74) is 2.58. The minimum Gasteiger partial charge on any atom is -0.481 e. The molecule has 218 valence electrons. The van der Waals surface area contributed by atoms with Gasteiger partial charge in [0, 0.05) is 11.8 Å². The molecule has 0 fully saturated rings. The molecular weight excluding hydrogens is 553 g/mol. The number of halogens is 3. The molecule has 0 radical (unpaired) electrons. The average molecular weight is 583 g/mol. The Morgan fingerprint density at radius 3 is 1.35 bits per heavy atom. The monoisotopic (exact) mass is 582 g/mol. The molecule has 4 nitrogen and oxygen atoms in total. The van der Waals surface area contributed by atoms with Gasteiger partial charge >= 0.3 is 18.1 Å². The number of hydrogen-bond acceptors (Lipinski definition) is 2. The Balaban J connectivity index is 0.000000140. The van der Waals surface area contributed by atoms with Crippen LogP contribution < -0.4 is 0 Å². The summed E-state index contributed by atoms with van der Waals surface area (Å²) in [6.07, 6.45) is -4.12. The molecule has 7 heteroatoms. The van der Waals surface area contributed by atoms with Gasteiger partial charge in [0.15, 0.2) is 0 Å². The molecule has 0 heterocycles. The average Bonchev–Trinajstić information content (AvgIpc) is 3.00. The number of carboxylic acids is 2. The summed E-state index contributed by atoms with van der Waals surface area (Å²) < 4.78 is 33.7. The number of hydrogen-bond donors (Lipinski definition) is 2. The van der Waals surface area contributed by atoms with Crippen LogP contribution >= 0.6 is 0 Å². The van der Waals surface area contributed by atoms with Crippen molar-refractivity contribution >= 4 is 33.5 Å². The van der Waals surface area contributed by atoms with Crippen LogP contribution in [0.5, 0.6) is 0 Å². The Morgan fingerprint density at radius 2 is 1.05 bits per heavy atom. The van der Waals surface area contributed by atoms with Crippen molar-refractivity contribution in [3.8, 4) is 0 Å². The Morgan fingerprint density at radius 1 is 0.698 bits per heavy atom. The van der Waals surface area contributed by atoms with Crippen LogP contribution in [0.15, 0.2) is 121 Å². The van der Waals surface area contributed by atoms with Crippen LogP contribution in [0.3, 0.4) is 0 Å². The van der Waals surface area contributed by atoms with E-state index in [1.165, 1.54) is 43.8 Å². The molecule has 8 rings (SSSR count). The van der Waals surface area contributed by atoms with Crippen LogP contribution in [0.25, 0.3) is 21.5 Å². The van der Waals surface area contributed by atoms with E-state index >= 15 is 0 Å². The normalized spacial score (nSPS) is 19.6. The smallest absolute Gasteiger partial charge is 0.422 e. The minimum absolute atomic E-state index is 0.0302. The standard InChI is InChI=1S/C18H16O2.C14H10.C4H3F3O2/c1-18(17(19)20)10-15-11-6-2-4-8-13(11)16(18)14-9-5-3-7-12(14)15;1-2-6-12-10-14-8-4-3-7-13(14)9-11(12)5-1;1-2(3(8)9)4(5,6)7/h2-9,15-16H,10H2,1H3,(H,19,20);1-10H;1H2,(H,8,9). The van der Waals surface area contributed by atoms with Crippen molar-refractivity contribution < 1.29 is 33.0 Å². The molecule has 1 atom stereocenters. The van der Waals surface area contributed by atoms with Crippen molar-refractivity contribution in [2.75, 3.05) is 0 Å². The first kappa shape index (κ1) is 29.6. The first-order valence-electron chi connectivity index (χ1n) is 13.7. The third kappa shape index (κ3) is 5.63. The molecule has 1 unspecified atom stereocenters. The van der Waals surface area contributed by atoms with Gasteiger partial charge in [0.1, 0.15) is 5.57 Å². The first-order valence-corrected chi connectivity index (χ1v) is 13.7. The summed E-state index contributed by atoms with van der Waals surface area (Å²) in [4.78, 5) is 21.4. The fourth-order valence-electron chi connectivity index (χ4n) is 6.18. The predicted molar refractivity (Wildman–Crippen MR) is 161 cm³/mol. The van der Waals surface area contributed by atoms with Gasteiger partial charge in [0.05, 0.1) is 5.41 Å². The Labute approximate surface area is 246 Å². The highest BCUT2D eigenvalue weighted by Crippen LogP contribution is 2.60. The topological polar surface area (TPSA) is 74.6 Å². The Bertz CT molecular complexity index is 1710. The lowest BCUT2D eigenvalue weighted by Gasteiger charge is -2.49. The van der Waals surface area contributed by atoms with E-state index in [-0.39, 0.29) is 11.8 Å². The number of rotatable bonds is 2. The van der Waals surface area contributed by atoms with Crippen LogP contribution in [0.2, 0.25) is 0 Å². The summed E-state index contributed by atoms with van der Waals surface area (Å²) in [6, 6.07) is 38.1. The van der Waals surface area contributed by atoms with Crippen LogP contribution in [0.1, 0.15) is 47.4 Å². The number of aliphatic carboxylic acids is 2. The summed E-state index contributed by atoms with van der Waals surface area (Å²) >= 11 is 0. The SMILES string of the molecule is C=C(C(=O)O)C(F)(F)F.CC1(C(=O)O)CC2c3ccccc3C1c1ccccc12.c1ccc2cc3ccccc3cc2c1. The second kappa shape index (κ2) is 11.4. The lowest BCUT2D eigenvalue weighted by atomic mass is 9.53. The number of carboxylic acid groups (broad SMARTS) is 2. The minimum atomic E-state index is -4.81. The first-order chi connectivity index (χ1) is 20.4. The Hall–Kier alpha value is -4.91. The summed E-state index contributed by atoms with van der Waals surface area (Å²) in [5.74, 6) is -2.54. The van der Waals surface area contributed by atoms with Crippen LogP contribution in [0, 0.1) is 5.41 Å². The van der Waals surface area contributed by atoms with E-state index in [1.807, 2.05) is 19.1 Å². The third-order valence-electron chi connectivity index (χ3n) is 8.33. The quantitative estimate of drug-likeness (QED) is 0.161. The fourth-order valence-corrected chi connectivity index (χ4v) is 6.18. The van der Waals surface area contributed by atoms with E-state index in [0.29, 0.717) is 6.42 Å². The van der Waals surface area contributed by atoms with Gasteiger partial charge in [-0.15, -0.1) is 0 Å². The largest absolute Gasteiger partial charge is 0.481 e. The summed E-state index contributed by atoms with van der Waals surface area (Å²) in [7, 11) is 0. The zero-order valence-electron chi connectivity index (χ0n) is 23.3. The number of fused-ring (bicyclic) bond motifs is 3. The van der Waals surface area contributed by atoms with Crippen LogP contribution in [-0.4, -0.2) is 28.3 Å². The van der Waals surface area contributed by atoms with Gasteiger partial charge in [0.25, 0.3) is 0 Å². The van der Waals surface area contributed by atoms with Gasteiger partial charge < -0.3 is 10.2 Å². The predicted octanol–water partition coefficient (Wildman–Crippen LogP) is 8.94. The Kier molecular flexibility index (Phi) is 7.84. The molecule has 0 aromatic heterocycles. The van der Waals surface area contributed by atoms with E-state index in [1.54, 1.807) is 0 Å². The molecule has 0 saturated carbocycles. The molecule has 0 aliphatic heterocycles. The van der Waals surface area contributed by atoms with Gasteiger partial charge in [-0.2, -0.15) is 13.2 Å². The lowest BCUT2D eigenvalue weighted by Crippen LogP contribution is -2.44. The van der Waals surface area contributed by atoms with Gasteiger partial charge in [0.2, 0.25) is 0 Å². The van der Waals surface area contributed by atoms with Crippen molar-refractivity contribution in [1.82, 2.24) is 0 Å². The molecule has 3 aliphatic rings. The van der Waals surface area contributed by atoms with Crippen molar-refractivity contribution in [1.29, 1.82) is 0 Å². The summed E-state index contributed by atoms with van der Waals surface area (Å²) in [5, 5.41) is 22.7. The number of carbonyl (C=O) groups is 2. The van der Waals surface area contributed by atoms with Gasteiger partial charge in [-0.3, -0.25) is 4.79 Å². The highest BCUT2D eigenvalue weighted by Gasteiger charge is 2.54. The molecular formula is C36H29F3O4. The second-order valence-electron chi connectivity index (χ2n) is 11.0. The van der Waals surface area contributed by atoms with Gasteiger partial charge in [-0.05, 0) is 69.3 Å². The number of benzene rings is 5. The van der Waals surface area contributed by atoms with E-state index in [9.17, 15) is 27.9 Å². The highest BCUT2D eigenvalue weighted by molar-refractivity contribution is 5.98. The summed E-state index contributed by atoms with van der Waals surface area (Å²) in [6.45, 7) is 4.20. The van der Waals surface area contributed by atoms with Crippen molar-refractivity contribution in [2.24, 2.45) is 5.41 Å². The maximum Gasteiger partial charge on any atom is 0.422 e. The number of alkyl halides is 3. The van der Waals surface area contributed by atoms with E-state index in [4.69, 9.17) is 5.11 Å². The van der Waals surface area contributed by atoms with Crippen molar-refractivity contribution in [3.63, 3.8) is 0 Å². The van der Waals surface area contributed by atoms with E-state index < -0.39 is 29.1 Å². The molecule has 0 amide bonds. The molecule has 3 aliphatic carbocycles.